The van der Waals surface area contributed by atoms with Crippen molar-refractivity contribution in [3.8, 4) is 5.75 Å². The van der Waals surface area contributed by atoms with Crippen LogP contribution in [0.1, 0.15) is 85.1 Å². The number of carbonyl (C=O) groups is 12. The molecule has 0 aromatic heterocycles. The normalized spacial score (nSPS) is 14.4. The van der Waals surface area contributed by atoms with E-state index in [1.807, 2.05) is 13.8 Å². The van der Waals surface area contributed by atoms with Crippen molar-refractivity contribution in [3.63, 3.8) is 0 Å². The van der Waals surface area contributed by atoms with E-state index in [0.29, 0.717) is 12.0 Å². The fourth-order valence-electron chi connectivity index (χ4n) is 6.39. The molecule has 27 heteroatoms. The summed E-state index contributed by atoms with van der Waals surface area (Å²) in [5.41, 5.74) is 16.9. The molecule has 18 N–H and O–H groups in total. The first-order valence-electron chi connectivity index (χ1n) is 22.2. The summed E-state index contributed by atoms with van der Waals surface area (Å²) in [7, 11) is 0. The minimum Gasteiger partial charge on any atom is -0.508 e. The number of aliphatic carboxylic acids is 2. The van der Waals surface area contributed by atoms with Gasteiger partial charge in [0.1, 0.15) is 48.0 Å². The molecule has 0 aliphatic rings. The topological polar surface area (TPSA) is 460 Å². The van der Waals surface area contributed by atoms with Gasteiger partial charge in [-0.05, 0) is 62.1 Å². The number of aromatic hydroxyl groups is 1. The van der Waals surface area contributed by atoms with Crippen molar-refractivity contribution in [2.45, 2.75) is 134 Å². The number of phenols is 1. The van der Waals surface area contributed by atoms with Crippen LogP contribution in [0.15, 0.2) is 24.3 Å². The first-order chi connectivity index (χ1) is 32.6. The Bertz CT molecular complexity index is 2030. The number of carboxylic acids is 2. The minimum atomic E-state index is -1.78. The molecule has 0 bridgehead atoms. The molecule has 0 radical (unpaired) electrons. The highest BCUT2D eigenvalue weighted by Gasteiger charge is 2.34. The van der Waals surface area contributed by atoms with Gasteiger partial charge in [0, 0.05) is 19.3 Å². The molecule has 390 valence electrons. The number of benzene rings is 1. The number of aliphatic hydroxyl groups excluding tert-OH is 1. The van der Waals surface area contributed by atoms with E-state index in [9.17, 15) is 78.0 Å². The van der Waals surface area contributed by atoms with Gasteiger partial charge in [0.15, 0.2) is 0 Å². The van der Waals surface area contributed by atoms with Crippen LogP contribution in [-0.2, 0) is 64.0 Å². The fourth-order valence-corrected chi connectivity index (χ4v) is 6.39. The van der Waals surface area contributed by atoms with E-state index in [1.165, 1.54) is 31.2 Å². The molecule has 0 saturated heterocycles. The summed E-state index contributed by atoms with van der Waals surface area (Å²) in [5.74, 6) is -13.4. The fraction of sp³-hybridized carbons (Fsp3) is 0.581. The second-order valence-corrected chi connectivity index (χ2v) is 17.2. The zero-order valence-electron chi connectivity index (χ0n) is 39.6. The zero-order chi connectivity index (χ0) is 53.4. The van der Waals surface area contributed by atoms with Crippen molar-refractivity contribution in [2.24, 2.45) is 29.0 Å². The van der Waals surface area contributed by atoms with Crippen LogP contribution in [0.2, 0.25) is 0 Å². The van der Waals surface area contributed by atoms with Crippen LogP contribution < -0.4 is 59.7 Å². The number of hydrogen-bond acceptors (Lipinski definition) is 15. The van der Waals surface area contributed by atoms with Crippen molar-refractivity contribution >= 4 is 71.0 Å². The van der Waals surface area contributed by atoms with E-state index < -0.39 is 165 Å². The minimum absolute atomic E-state index is 0.0450. The highest BCUT2D eigenvalue weighted by atomic mass is 16.4. The molecule has 0 unspecified atom stereocenters. The second-order valence-electron chi connectivity index (χ2n) is 17.2. The zero-order valence-corrected chi connectivity index (χ0v) is 39.6. The van der Waals surface area contributed by atoms with Crippen LogP contribution in [0.4, 0.5) is 0 Å². The number of amides is 10. The molecule has 0 heterocycles. The quantitative estimate of drug-likeness (QED) is 0.0321. The van der Waals surface area contributed by atoms with Crippen LogP contribution in [0.25, 0.3) is 0 Å². The van der Waals surface area contributed by atoms with E-state index in [4.69, 9.17) is 17.2 Å². The number of phenolic OH excluding ortho intramolecular Hbond substituents is 1. The van der Waals surface area contributed by atoms with Gasteiger partial charge in [0.05, 0.1) is 25.6 Å². The lowest BCUT2D eigenvalue weighted by molar-refractivity contribution is -0.140. The number of carbonyl (C=O) groups excluding carboxylic acids is 10. The Labute approximate surface area is 402 Å². The molecule has 0 saturated carbocycles. The van der Waals surface area contributed by atoms with Gasteiger partial charge in [-0.1, -0.05) is 39.8 Å². The van der Waals surface area contributed by atoms with E-state index in [0.717, 1.165) is 0 Å². The molecule has 8 atom stereocenters. The number of rotatable bonds is 32. The molecule has 10 amide bonds. The lowest BCUT2D eigenvalue weighted by Gasteiger charge is -2.27. The van der Waals surface area contributed by atoms with Crippen LogP contribution in [0.5, 0.6) is 5.75 Å². The molecule has 1 aromatic rings. The number of carboxylic acid groups (broad SMARTS) is 2. The predicted octanol–water partition coefficient (Wildman–Crippen LogP) is -5.03. The van der Waals surface area contributed by atoms with E-state index in [-0.39, 0.29) is 30.4 Å². The molecule has 0 spiro atoms. The van der Waals surface area contributed by atoms with Gasteiger partial charge in [-0.2, -0.15) is 0 Å². The maximum atomic E-state index is 13.8. The molecule has 1 rings (SSSR count). The summed E-state index contributed by atoms with van der Waals surface area (Å²) in [6.45, 7) is 6.49. The maximum absolute atomic E-state index is 13.8. The molecule has 0 fully saturated rings. The van der Waals surface area contributed by atoms with Crippen molar-refractivity contribution in [1.29, 1.82) is 0 Å². The van der Waals surface area contributed by atoms with Crippen LogP contribution in [0.3, 0.4) is 0 Å². The SMILES string of the molecule is CC(C)C[C@H](NC(=O)[C@H](CCC(=O)O)NC(=O)[C@H](CCC(=O)O)NC(=O)[C@H](C)NC(=O)[C@@H](N)CC(C)C)C(=O)N[C@@H](CC(N)=O)C(=O)NCC(=O)N[C@@H](Cc1ccc(O)cc1)C(=O)N[C@@H](CO)C(N)=O. The number of nitrogens with two attached hydrogens (primary N) is 3. The van der Waals surface area contributed by atoms with Gasteiger partial charge in [-0.25, -0.2) is 0 Å². The van der Waals surface area contributed by atoms with Gasteiger partial charge in [-0.3, -0.25) is 57.5 Å². The smallest absolute Gasteiger partial charge is 0.303 e. The van der Waals surface area contributed by atoms with Crippen LogP contribution in [-0.4, -0.2) is 153 Å². The third-order valence-electron chi connectivity index (χ3n) is 10.0. The van der Waals surface area contributed by atoms with Gasteiger partial charge >= 0.3 is 11.9 Å². The first kappa shape index (κ1) is 60.6. The van der Waals surface area contributed by atoms with Gasteiger partial charge < -0.3 is 80.2 Å². The number of nitrogens with one attached hydrogen (secondary N) is 8. The Morgan fingerprint density at radius 1 is 0.543 bits per heavy atom. The Kier molecular flexibility index (Phi) is 26.1. The first-order valence-corrected chi connectivity index (χ1v) is 22.2. The lowest BCUT2D eigenvalue weighted by Crippen LogP contribution is -2.60. The maximum Gasteiger partial charge on any atom is 0.303 e. The van der Waals surface area contributed by atoms with Crippen molar-refractivity contribution in [3.05, 3.63) is 29.8 Å². The van der Waals surface area contributed by atoms with Crippen molar-refractivity contribution in [1.82, 2.24) is 42.5 Å². The molecule has 1 aromatic carbocycles. The van der Waals surface area contributed by atoms with Crippen LogP contribution in [0, 0.1) is 11.8 Å². The monoisotopic (exact) mass is 993 g/mol. The number of hydrogen-bond donors (Lipinski definition) is 15. The third-order valence-corrected chi connectivity index (χ3v) is 10.0. The highest BCUT2D eigenvalue weighted by Crippen LogP contribution is 2.13. The summed E-state index contributed by atoms with van der Waals surface area (Å²) in [6.07, 6.45) is -3.38. The Morgan fingerprint density at radius 3 is 1.47 bits per heavy atom. The Hall–Kier alpha value is -7.42. The average molecular weight is 994 g/mol. The van der Waals surface area contributed by atoms with Gasteiger partial charge in [-0.15, -0.1) is 0 Å². The summed E-state index contributed by atoms with van der Waals surface area (Å²) in [6, 6.07) is -6.42. The largest absolute Gasteiger partial charge is 0.508 e. The molecule has 70 heavy (non-hydrogen) atoms. The molecule has 0 aliphatic heterocycles. The number of primary amides is 2. The predicted molar refractivity (Wildman–Crippen MR) is 245 cm³/mol. The van der Waals surface area contributed by atoms with E-state index >= 15 is 0 Å². The van der Waals surface area contributed by atoms with Crippen molar-refractivity contribution < 1.29 is 78.0 Å². The molecule has 27 nitrogen and oxygen atoms in total. The summed E-state index contributed by atoms with van der Waals surface area (Å²) >= 11 is 0. The van der Waals surface area contributed by atoms with Gasteiger partial charge in [0.2, 0.25) is 59.1 Å². The molecular weight excluding hydrogens is 927 g/mol. The van der Waals surface area contributed by atoms with E-state index in [1.54, 1.807) is 13.8 Å². The van der Waals surface area contributed by atoms with Gasteiger partial charge in [0.25, 0.3) is 0 Å². The highest BCUT2D eigenvalue weighted by molar-refractivity contribution is 5.98. The Balaban J connectivity index is 3.30. The van der Waals surface area contributed by atoms with Crippen molar-refractivity contribution in [2.75, 3.05) is 13.2 Å². The van der Waals surface area contributed by atoms with E-state index in [2.05, 4.69) is 42.5 Å². The third kappa shape index (κ3) is 23.5. The Morgan fingerprint density at radius 2 is 1.00 bits per heavy atom. The standard InChI is InChI=1S/C43H67N11O16/c1-20(2)14-25(44)38(65)48-22(5)37(64)50-26(10-12-34(59)60)40(67)51-27(11-13-35(61)62)41(68)52-28(15-21(3)4)42(69)53-30(17-32(45)57)39(66)47-18-33(58)49-29(16-23-6-8-24(56)9-7-23)43(70)54-31(19-55)36(46)63/h6-9,20-22,25-31,55-56H,10-19,44H2,1-5H3,(H2,45,57)(H2,46,63)(H,47,66)(H,48,65)(H,49,58)(H,50,64)(H,51,67)(H,52,68)(H,53,69)(H,54,70)(H,59,60)(H,61,62)/t22-,25-,26-,27-,28-,29-,30-,31-/m0/s1. The molecular formula is C43H67N11O16. The second kappa shape index (κ2) is 30.1. The summed E-state index contributed by atoms with van der Waals surface area (Å²) in [5, 5.41) is 56.3. The summed E-state index contributed by atoms with van der Waals surface area (Å²) < 4.78 is 0. The van der Waals surface area contributed by atoms with Crippen LogP contribution >= 0.6 is 0 Å². The molecule has 0 aliphatic carbocycles. The average Bonchev–Trinajstić information content (AvgIpc) is 3.26. The lowest BCUT2D eigenvalue weighted by atomic mass is 10.0. The summed E-state index contributed by atoms with van der Waals surface area (Å²) in [4.78, 5) is 153. The number of aliphatic hydroxyl groups is 1.